The molecule has 0 radical (unpaired) electrons. The summed E-state index contributed by atoms with van der Waals surface area (Å²) in [7, 11) is 0. The van der Waals surface area contributed by atoms with Gasteiger partial charge in [-0.3, -0.25) is 0 Å². The third-order valence-corrected chi connectivity index (χ3v) is 2.97. The number of hydrogen-bond acceptors (Lipinski definition) is 2. The monoisotopic (exact) mass is 292 g/mol. The van der Waals surface area contributed by atoms with Crippen LogP contribution < -0.4 is 0 Å². The quantitative estimate of drug-likeness (QED) is 0.326. The molecule has 0 N–H and O–H groups in total. The SMILES string of the molecule is C=CCOC(C)CCC(C)OCCCCBr. The molecule has 0 spiro atoms. The van der Waals surface area contributed by atoms with E-state index in [-0.39, 0.29) is 0 Å². The highest BCUT2D eigenvalue weighted by Gasteiger charge is 2.06. The normalized spacial score (nSPS) is 14.7. The van der Waals surface area contributed by atoms with Crippen LogP contribution in [0.5, 0.6) is 0 Å². The molecule has 2 atom stereocenters. The Labute approximate surface area is 109 Å². The lowest BCUT2D eigenvalue weighted by Crippen LogP contribution is -2.15. The second kappa shape index (κ2) is 11.6. The van der Waals surface area contributed by atoms with Crippen LogP contribution in [0.25, 0.3) is 0 Å². The van der Waals surface area contributed by atoms with Crippen molar-refractivity contribution in [2.45, 2.75) is 51.7 Å². The third kappa shape index (κ3) is 10.7. The Balaban J connectivity index is 3.34. The van der Waals surface area contributed by atoms with Crippen LogP contribution in [-0.2, 0) is 9.47 Å². The van der Waals surface area contributed by atoms with Crippen LogP contribution in [0.3, 0.4) is 0 Å². The van der Waals surface area contributed by atoms with E-state index in [2.05, 4.69) is 36.4 Å². The third-order valence-electron chi connectivity index (χ3n) is 2.41. The molecule has 0 heterocycles. The average molecular weight is 293 g/mol. The summed E-state index contributed by atoms with van der Waals surface area (Å²) in [6.45, 7) is 9.37. The minimum atomic E-state index is 0.298. The van der Waals surface area contributed by atoms with Crippen molar-refractivity contribution in [2.24, 2.45) is 0 Å². The first-order valence-corrected chi connectivity index (χ1v) is 7.23. The summed E-state index contributed by atoms with van der Waals surface area (Å²) >= 11 is 3.41. The molecule has 0 aromatic carbocycles. The van der Waals surface area contributed by atoms with Crippen molar-refractivity contribution in [3.63, 3.8) is 0 Å². The van der Waals surface area contributed by atoms with E-state index in [4.69, 9.17) is 9.47 Å². The van der Waals surface area contributed by atoms with E-state index in [0.29, 0.717) is 18.8 Å². The van der Waals surface area contributed by atoms with E-state index >= 15 is 0 Å². The van der Waals surface area contributed by atoms with E-state index in [0.717, 1.165) is 31.2 Å². The van der Waals surface area contributed by atoms with Gasteiger partial charge in [0.05, 0.1) is 18.8 Å². The lowest BCUT2D eigenvalue weighted by Gasteiger charge is -2.16. The van der Waals surface area contributed by atoms with Gasteiger partial charge in [-0.1, -0.05) is 22.0 Å². The zero-order valence-electron chi connectivity index (χ0n) is 10.6. The maximum Gasteiger partial charge on any atom is 0.0648 e. The van der Waals surface area contributed by atoms with Crippen LogP contribution in [0, 0.1) is 0 Å². The molecule has 96 valence electrons. The summed E-state index contributed by atoms with van der Waals surface area (Å²) in [5, 5.41) is 1.07. The molecule has 0 aromatic rings. The van der Waals surface area contributed by atoms with E-state index in [1.54, 1.807) is 6.08 Å². The molecule has 0 rings (SSSR count). The lowest BCUT2D eigenvalue weighted by atomic mass is 10.1. The van der Waals surface area contributed by atoms with E-state index in [1.165, 1.54) is 6.42 Å². The number of hydrogen-bond donors (Lipinski definition) is 0. The first-order valence-electron chi connectivity index (χ1n) is 6.10. The zero-order valence-corrected chi connectivity index (χ0v) is 12.2. The summed E-state index contributed by atoms with van der Waals surface area (Å²) in [4.78, 5) is 0. The standard InChI is InChI=1S/C13H25BrO2/c1-4-10-15-12(2)7-8-13(3)16-11-6-5-9-14/h4,12-13H,1,5-11H2,2-3H3. The molecular formula is C13H25BrO2. The Morgan fingerprint density at radius 3 is 2.31 bits per heavy atom. The summed E-state index contributed by atoms with van der Waals surface area (Å²) in [6, 6.07) is 0. The van der Waals surface area contributed by atoms with Crippen LogP contribution in [0.15, 0.2) is 12.7 Å². The molecule has 0 saturated carbocycles. The van der Waals surface area contributed by atoms with Crippen LogP contribution in [0.4, 0.5) is 0 Å². The minimum absolute atomic E-state index is 0.298. The summed E-state index contributed by atoms with van der Waals surface area (Å²) < 4.78 is 11.2. The predicted octanol–water partition coefficient (Wildman–Crippen LogP) is 3.94. The van der Waals surface area contributed by atoms with Crippen molar-refractivity contribution in [3.05, 3.63) is 12.7 Å². The molecule has 0 aliphatic rings. The number of alkyl halides is 1. The molecule has 0 saturated heterocycles. The van der Waals surface area contributed by atoms with Crippen LogP contribution in [-0.4, -0.2) is 30.8 Å². The molecule has 2 unspecified atom stereocenters. The Morgan fingerprint density at radius 2 is 1.75 bits per heavy atom. The van der Waals surface area contributed by atoms with Gasteiger partial charge in [0, 0.05) is 11.9 Å². The van der Waals surface area contributed by atoms with Crippen molar-refractivity contribution in [1.82, 2.24) is 0 Å². The topological polar surface area (TPSA) is 18.5 Å². The van der Waals surface area contributed by atoms with E-state index in [1.807, 2.05) is 0 Å². The minimum Gasteiger partial charge on any atom is -0.379 e. The Hall–Kier alpha value is 0.140. The molecule has 0 aromatic heterocycles. The van der Waals surface area contributed by atoms with Crippen LogP contribution >= 0.6 is 15.9 Å². The van der Waals surface area contributed by atoms with Gasteiger partial charge in [0.25, 0.3) is 0 Å². The first-order chi connectivity index (χ1) is 7.70. The molecule has 0 fully saturated rings. The fraction of sp³-hybridized carbons (Fsp3) is 0.846. The highest BCUT2D eigenvalue weighted by atomic mass is 79.9. The molecule has 0 aliphatic heterocycles. The second-order valence-electron chi connectivity index (χ2n) is 4.09. The van der Waals surface area contributed by atoms with Crippen LogP contribution in [0.2, 0.25) is 0 Å². The fourth-order valence-corrected chi connectivity index (χ4v) is 1.75. The van der Waals surface area contributed by atoms with Gasteiger partial charge in [-0.2, -0.15) is 0 Å². The van der Waals surface area contributed by atoms with Gasteiger partial charge in [-0.15, -0.1) is 6.58 Å². The zero-order chi connectivity index (χ0) is 12.2. The molecule has 3 heteroatoms. The van der Waals surface area contributed by atoms with Crippen molar-refractivity contribution in [1.29, 1.82) is 0 Å². The molecule has 16 heavy (non-hydrogen) atoms. The maximum absolute atomic E-state index is 5.70. The summed E-state index contributed by atoms with van der Waals surface area (Å²) in [6.07, 6.45) is 6.86. The van der Waals surface area contributed by atoms with Crippen molar-refractivity contribution in [2.75, 3.05) is 18.5 Å². The van der Waals surface area contributed by atoms with Gasteiger partial charge in [-0.25, -0.2) is 0 Å². The van der Waals surface area contributed by atoms with E-state index in [9.17, 15) is 0 Å². The Morgan fingerprint density at radius 1 is 1.12 bits per heavy atom. The largest absolute Gasteiger partial charge is 0.379 e. The highest BCUT2D eigenvalue weighted by Crippen LogP contribution is 2.08. The van der Waals surface area contributed by atoms with Gasteiger partial charge in [0.15, 0.2) is 0 Å². The fourth-order valence-electron chi connectivity index (χ4n) is 1.35. The van der Waals surface area contributed by atoms with Crippen LogP contribution in [0.1, 0.15) is 39.5 Å². The van der Waals surface area contributed by atoms with E-state index < -0.39 is 0 Å². The molecule has 0 aliphatic carbocycles. The average Bonchev–Trinajstić information content (AvgIpc) is 2.29. The Kier molecular flexibility index (Phi) is 11.7. The van der Waals surface area contributed by atoms with Gasteiger partial charge in [-0.05, 0) is 39.5 Å². The molecular weight excluding hydrogens is 268 g/mol. The Bertz CT molecular complexity index is 162. The number of halogens is 1. The number of rotatable bonds is 11. The predicted molar refractivity (Wildman–Crippen MR) is 73.3 cm³/mol. The lowest BCUT2D eigenvalue weighted by molar-refractivity contribution is 0.0322. The number of unbranched alkanes of at least 4 members (excludes halogenated alkanes) is 1. The smallest absolute Gasteiger partial charge is 0.0648 e. The van der Waals surface area contributed by atoms with Crippen molar-refractivity contribution in [3.8, 4) is 0 Å². The summed E-state index contributed by atoms with van der Waals surface area (Å²) in [5.41, 5.74) is 0. The van der Waals surface area contributed by atoms with Gasteiger partial charge >= 0.3 is 0 Å². The molecule has 0 bridgehead atoms. The molecule has 2 nitrogen and oxygen atoms in total. The first kappa shape index (κ1) is 16.1. The van der Waals surface area contributed by atoms with Crippen molar-refractivity contribution < 1.29 is 9.47 Å². The van der Waals surface area contributed by atoms with Gasteiger partial charge in [0.1, 0.15) is 0 Å². The summed E-state index contributed by atoms with van der Waals surface area (Å²) in [5.74, 6) is 0. The maximum atomic E-state index is 5.70. The van der Waals surface area contributed by atoms with Crippen molar-refractivity contribution >= 4 is 15.9 Å². The number of ether oxygens (including phenoxy) is 2. The van der Waals surface area contributed by atoms with Gasteiger partial charge < -0.3 is 9.47 Å². The highest BCUT2D eigenvalue weighted by molar-refractivity contribution is 9.09. The second-order valence-corrected chi connectivity index (χ2v) is 4.88. The molecule has 0 amide bonds. The van der Waals surface area contributed by atoms with Gasteiger partial charge in [0.2, 0.25) is 0 Å².